The monoisotopic (exact) mass is 334 g/mol. The Morgan fingerprint density at radius 1 is 1.17 bits per heavy atom. The number of phenolic OH excluding ortho intramolecular Hbond substituents is 1. The minimum Gasteiger partial charge on any atom is -0.508 e. The van der Waals surface area contributed by atoms with Crippen molar-refractivity contribution >= 4 is 5.97 Å². The topological polar surface area (TPSA) is 46.5 Å². The number of carbonyl (C=O) groups excluding carboxylic acids is 1. The second-order valence-electron chi connectivity index (χ2n) is 8.07. The van der Waals surface area contributed by atoms with Crippen LogP contribution in [-0.4, -0.2) is 17.7 Å². The van der Waals surface area contributed by atoms with Crippen molar-refractivity contribution in [1.29, 1.82) is 0 Å². The van der Waals surface area contributed by atoms with Gasteiger partial charge in [-0.1, -0.05) is 66.0 Å². The SMILES string of the molecule is CC(C)CCCCCOC(=O)CCc1ccc(O)c(C(C)(C)C)c1. The lowest BCUT2D eigenvalue weighted by Crippen LogP contribution is -2.12. The van der Waals surface area contributed by atoms with E-state index in [1.165, 1.54) is 12.8 Å². The number of hydrogen-bond acceptors (Lipinski definition) is 3. The van der Waals surface area contributed by atoms with Crippen LogP contribution in [0.4, 0.5) is 0 Å². The highest BCUT2D eigenvalue weighted by atomic mass is 16.5. The summed E-state index contributed by atoms with van der Waals surface area (Å²) in [6, 6.07) is 5.59. The van der Waals surface area contributed by atoms with Crippen LogP contribution >= 0.6 is 0 Å². The number of aromatic hydroxyl groups is 1. The van der Waals surface area contributed by atoms with Gasteiger partial charge in [0, 0.05) is 6.42 Å². The van der Waals surface area contributed by atoms with Crippen LogP contribution in [0.15, 0.2) is 18.2 Å². The van der Waals surface area contributed by atoms with E-state index in [1.54, 1.807) is 6.07 Å². The summed E-state index contributed by atoms with van der Waals surface area (Å²) in [5, 5.41) is 9.98. The number of aryl methyl sites for hydroxylation is 1. The standard InChI is InChI=1S/C21H34O3/c1-16(2)9-7-6-8-14-24-20(23)13-11-17-10-12-19(22)18(15-17)21(3,4)5/h10,12,15-16,22H,6-9,11,13-14H2,1-5H3. The molecule has 0 aliphatic rings. The van der Waals surface area contributed by atoms with E-state index in [2.05, 4.69) is 34.6 Å². The average molecular weight is 335 g/mol. The van der Waals surface area contributed by atoms with Crippen LogP contribution in [0.2, 0.25) is 0 Å². The zero-order valence-electron chi connectivity index (χ0n) is 16.0. The Morgan fingerprint density at radius 2 is 1.88 bits per heavy atom. The molecule has 1 aromatic rings. The second kappa shape index (κ2) is 9.71. The van der Waals surface area contributed by atoms with Gasteiger partial charge < -0.3 is 9.84 Å². The molecule has 0 fully saturated rings. The zero-order chi connectivity index (χ0) is 18.2. The summed E-state index contributed by atoms with van der Waals surface area (Å²) in [6.45, 7) is 11.2. The van der Waals surface area contributed by atoms with Gasteiger partial charge in [-0.05, 0) is 41.4 Å². The number of esters is 1. The number of benzene rings is 1. The number of hydrogen-bond donors (Lipinski definition) is 1. The van der Waals surface area contributed by atoms with E-state index < -0.39 is 0 Å². The molecule has 0 saturated heterocycles. The zero-order valence-corrected chi connectivity index (χ0v) is 16.0. The Labute approximate surface area is 147 Å². The van der Waals surface area contributed by atoms with Crippen LogP contribution in [0.1, 0.15) is 77.8 Å². The van der Waals surface area contributed by atoms with Crippen LogP contribution < -0.4 is 0 Å². The number of carbonyl (C=O) groups is 1. The van der Waals surface area contributed by atoms with Crippen molar-refractivity contribution in [1.82, 2.24) is 0 Å². The Balaban J connectivity index is 2.32. The highest BCUT2D eigenvalue weighted by molar-refractivity contribution is 5.69. The maximum Gasteiger partial charge on any atom is 0.306 e. The molecular weight excluding hydrogens is 300 g/mol. The van der Waals surface area contributed by atoms with E-state index in [9.17, 15) is 9.90 Å². The van der Waals surface area contributed by atoms with Crippen LogP contribution in [0.3, 0.4) is 0 Å². The molecule has 1 N–H and O–H groups in total. The van der Waals surface area contributed by atoms with Crippen LogP contribution in [0, 0.1) is 5.92 Å². The Morgan fingerprint density at radius 3 is 2.50 bits per heavy atom. The normalized spacial score (nSPS) is 11.8. The van der Waals surface area contributed by atoms with Crippen molar-refractivity contribution < 1.29 is 14.6 Å². The summed E-state index contributed by atoms with van der Waals surface area (Å²) in [6.07, 6.45) is 5.56. The van der Waals surface area contributed by atoms with Crippen molar-refractivity contribution in [2.75, 3.05) is 6.61 Å². The summed E-state index contributed by atoms with van der Waals surface area (Å²) < 4.78 is 5.30. The molecule has 1 rings (SSSR count). The van der Waals surface area contributed by atoms with Gasteiger partial charge in [0.05, 0.1) is 6.61 Å². The number of phenols is 1. The van der Waals surface area contributed by atoms with Gasteiger partial charge in [-0.3, -0.25) is 4.79 Å². The lowest BCUT2D eigenvalue weighted by atomic mass is 9.85. The molecule has 0 saturated carbocycles. The molecule has 0 unspecified atom stereocenters. The summed E-state index contributed by atoms with van der Waals surface area (Å²) in [5.74, 6) is 0.926. The van der Waals surface area contributed by atoms with Gasteiger partial charge in [-0.15, -0.1) is 0 Å². The third-order valence-corrected chi connectivity index (χ3v) is 4.18. The maximum atomic E-state index is 11.8. The third kappa shape index (κ3) is 7.85. The lowest BCUT2D eigenvalue weighted by molar-refractivity contribution is -0.143. The molecule has 0 amide bonds. The van der Waals surface area contributed by atoms with Gasteiger partial charge in [-0.25, -0.2) is 0 Å². The molecule has 0 bridgehead atoms. The first-order chi connectivity index (χ1) is 11.2. The van der Waals surface area contributed by atoms with Gasteiger partial charge in [0.25, 0.3) is 0 Å². The fourth-order valence-electron chi connectivity index (χ4n) is 2.68. The lowest BCUT2D eigenvalue weighted by Gasteiger charge is -2.21. The van der Waals surface area contributed by atoms with E-state index in [1.807, 2.05) is 12.1 Å². The van der Waals surface area contributed by atoms with Crippen LogP contribution in [0.25, 0.3) is 0 Å². The van der Waals surface area contributed by atoms with Crippen molar-refractivity contribution in [3.8, 4) is 5.75 Å². The van der Waals surface area contributed by atoms with E-state index in [0.717, 1.165) is 29.9 Å². The van der Waals surface area contributed by atoms with E-state index in [4.69, 9.17) is 4.74 Å². The number of rotatable bonds is 9. The molecule has 1 aromatic carbocycles. The molecule has 24 heavy (non-hydrogen) atoms. The van der Waals surface area contributed by atoms with Gasteiger partial charge in [-0.2, -0.15) is 0 Å². The largest absolute Gasteiger partial charge is 0.508 e. The van der Waals surface area contributed by atoms with Gasteiger partial charge in [0.15, 0.2) is 0 Å². The quantitative estimate of drug-likeness (QED) is 0.487. The second-order valence-corrected chi connectivity index (χ2v) is 8.07. The highest BCUT2D eigenvalue weighted by Crippen LogP contribution is 2.31. The Bertz CT molecular complexity index is 512. The molecule has 3 heteroatoms. The minimum atomic E-state index is -0.135. The molecular formula is C21H34O3. The van der Waals surface area contributed by atoms with Crippen molar-refractivity contribution in [3.05, 3.63) is 29.3 Å². The molecule has 0 aliphatic heterocycles. The van der Waals surface area contributed by atoms with Gasteiger partial charge in [0.1, 0.15) is 5.75 Å². The molecule has 0 spiro atoms. The molecule has 0 aromatic heterocycles. The molecule has 0 radical (unpaired) electrons. The van der Waals surface area contributed by atoms with Crippen LogP contribution in [0.5, 0.6) is 5.75 Å². The summed E-state index contributed by atoms with van der Waals surface area (Å²) in [4.78, 5) is 11.8. The van der Waals surface area contributed by atoms with Crippen LogP contribution in [-0.2, 0) is 21.4 Å². The Hall–Kier alpha value is -1.51. The van der Waals surface area contributed by atoms with E-state index in [0.29, 0.717) is 25.2 Å². The first-order valence-electron chi connectivity index (χ1n) is 9.18. The van der Waals surface area contributed by atoms with Crippen molar-refractivity contribution in [3.63, 3.8) is 0 Å². The molecule has 0 aliphatic carbocycles. The van der Waals surface area contributed by atoms with Gasteiger partial charge >= 0.3 is 5.97 Å². The third-order valence-electron chi connectivity index (χ3n) is 4.18. The molecule has 0 atom stereocenters. The smallest absolute Gasteiger partial charge is 0.306 e. The van der Waals surface area contributed by atoms with Crippen molar-refractivity contribution in [2.45, 2.75) is 78.6 Å². The first kappa shape index (κ1) is 20.5. The summed E-state index contributed by atoms with van der Waals surface area (Å²) >= 11 is 0. The first-order valence-corrected chi connectivity index (χ1v) is 9.18. The average Bonchev–Trinajstić information content (AvgIpc) is 2.48. The Kier molecular flexibility index (Phi) is 8.30. The maximum absolute atomic E-state index is 11.8. The fourth-order valence-corrected chi connectivity index (χ4v) is 2.68. The number of ether oxygens (including phenoxy) is 1. The molecule has 3 nitrogen and oxygen atoms in total. The van der Waals surface area contributed by atoms with Gasteiger partial charge in [0.2, 0.25) is 0 Å². The fraction of sp³-hybridized carbons (Fsp3) is 0.667. The van der Waals surface area contributed by atoms with E-state index >= 15 is 0 Å². The molecule has 136 valence electrons. The highest BCUT2D eigenvalue weighted by Gasteiger charge is 2.18. The predicted molar refractivity (Wildman–Crippen MR) is 99.4 cm³/mol. The molecule has 0 heterocycles. The van der Waals surface area contributed by atoms with Crippen molar-refractivity contribution in [2.24, 2.45) is 5.92 Å². The summed E-state index contributed by atoms with van der Waals surface area (Å²) in [7, 11) is 0. The minimum absolute atomic E-state index is 0.114. The predicted octanol–water partition coefficient (Wildman–Crippen LogP) is 5.38. The van der Waals surface area contributed by atoms with E-state index in [-0.39, 0.29) is 11.4 Å². The number of unbranched alkanes of at least 4 members (excludes halogenated alkanes) is 2. The summed E-state index contributed by atoms with van der Waals surface area (Å²) in [5.41, 5.74) is 1.86.